The molecule has 0 bridgehead atoms. The average molecular weight is 276 g/mol. The first-order chi connectivity index (χ1) is 9.62. The highest BCUT2D eigenvalue weighted by molar-refractivity contribution is 5.92. The van der Waals surface area contributed by atoms with Crippen LogP contribution in [-0.2, 0) is 6.42 Å². The van der Waals surface area contributed by atoms with Crippen molar-refractivity contribution in [3.8, 4) is 17.3 Å². The van der Waals surface area contributed by atoms with Crippen LogP contribution in [-0.4, -0.2) is 35.1 Å². The van der Waals surface area contributed by atoms with Gasteiger partial charge in [-0.1, -0.05) is 6.92 Å². The SMILES string of the molecule is CCc1nn(-c2ccc(OC)cc2)c(OC)c1C(=O)O. The first-order valence-corrected chi connectivity index (χ1v) is 6.16. The highest BCUT2D eigenvalue weighted by Gasteiger charge is 2.24. The first-order valence-electron chi connectivity index (χ1n) is 6.16. The number of carbonyl (C=O) groups is 1. The standard InChI is InChI=1S/C14H16N2O4/c1-4-11-12(14(17)18)13(20-3)16(15-11)9-5-7-10(19-2)8-6-9/h5-8H,4H2,1-3H3,(H,17,18). The maximum absolute atomic E-state index is 11.4. The van der Waals surface area contributed by atoms with E-state index in [1.807, 2.05) is 6.92 Å². The third-order valence-corrected chi connectivity index (χ3v) is 2.97. The second-order valence-corrected chi connectivity index (χ2v) is 4.10. The molecule has 0 aliphatic rings. The van der Waals surface area contributed by atoms with E-state index in [4.69, 9.17) is 9.47 Å². The van der Waals surface area contributed by atoms with Gasteiger partial charge in [0.2, 0.25) is 5.88 Å². The summed E-state index contributed by atoms with van der Waals surface area (Å²) in [5.74, 6) is -0.105. The molecule has 0 amide bonds. The molecule has 20 heavy (non-hydrogen) atoms. The molecule has 6 heteroatoms. The fourth-order valence-electron chi connectivity index (χ4n) is 1.99. The van der Waals surface area contributed by atoms with Gasteiger partial charge in [-0.3, -0.25) is 0 Å². The lowest BCUT2D eigenvalue weighted by atomic mass is 10.2. The van der Waals surface area contributed by atoms with Crippen molar-refractivity contribution in [2.24, 2.45) is 0 Å². The van der Waals surface area contributed by atoms with E-state index in [1.165, 1.54) is 11.8 Å². The molecule has 0 spiro atoms. The molecule has 6 nitrogen and oxygen atoms in total. The maximum atomic E-state index is 11.4. The van der Waals surface area contributed by atoms with Crippen LogP contribution in [0.3, 0.4) is 0 Å². The van der Waals surface area contributed by atoms with Crippen LogP contribution < -0.4 is 9.47 Å². The van der Waals surface area contributed by atoms with E-state index in [2.05, 4.69) is 5.10 Å². The fraction of sp³-hybridized carbons (Fsp3) is 0.286. The van der Waals surface area contributed by atoms with Crippen molar-refractivity contribution in [2.75, 3.05) is 14.2 Å². The number of ether oxygens (including phenoxy) is 2. The summed E-state index contributed by atoms with van der Waals surface area (Å²) in [5.41, 5.74) is 1.31. The largest absolute Gasteiger partial charge is 0.497 e. The van der Waals surface area contributed by atoms with Gasteiger partial charge in [0.1, 0.15) is 11.3 Å². The van der Waals surface area contributed by atoms with Gasteiger partial charge in [-0.25, -0.2) is 9.48 Å². The molecule has 0 fully saturated rings. The van der Waals surface area contributed by atoms with Gasteiger partial charge >= 0.3 is 5.97 Å². The third kappa shape index (κ3) is 2.32. The molecule has 1 N–H and O–H groups in total. The van der Waals surface area contributed by atoms with Gasteiger partial charge in [0.15, 0.2) is 0 Å². The van der Waals surface area contributed by atoms with Crippen LogP contribution in [0.1, 0.15) is 23.0 Å². The smallest absolute Gasteiger partial charge is 0.343 e. The summed E-state index contributed by atoms with van der Waals surface area (Å²) in [7, 11) is 3.02. The van der Waals surface area contributed by atoms with E-state index in [9.17, 15) is 9.90 Å². The second kappa shape index (κ2) is 5.64. The van der Waals surface area contributed by atoms with Gasteiger partial charge in [-0.2, -0.15) is 5.10 Å². The lowest BCUT2D eigenvalue weighted by Crippen LogP contribution is -2.03. The van der Waals surface area contributed by atoms with Crippen molar-refractivity contribution < 1.29 is 19.4 Å². The number of hydrogen-bond donors (Lipinski definition) is 1. The Labute approximate surface area is 116 Å². The number of aromatic nitrogens is 2. The van der Waals surface area contributed by atoms with Gasteiger partial charge in [0.25, 0.3) is 0 Å². The third-order valence-electron chi connectivity index (χ3n) is 2.97. The van der Waals surface area contributed by atoms with E-state index in [1.54, 1.807) is 31.4 Å². The van der Waals surface area contributed by atoms with Crippen molar-refractivity contribution in [2.45, 2.75) is 13.3 Å². The molecule has 0 aliphatic heterocycles. The number of aromatic carboxylic acids is 1. The highest BCUT2D eigenvalue weighted by Crippen LogP contribution is 2.27. The topological polar surface area (TPSA) is 73.6 Å². The van der Waals surface area contributed by atoms with Crippen molar-refractivity contribution in [1.29, 1.82) is 0 Å². The van der Waals surface area contributed by atoms with E-state index in [-0.39, 0.29) is 11.4 Å². The Morgan fingerprint density at radius 3 is 2.35 bits per heavy atom. The van der Waals surface area contributed by atoms with Crippen LogP contribution in [0.2, 0.25) is 0 Å². The number of benzene rings is 1. The van der Waals surface area contributed by atoms with Crippen LogP contribution >= 0.6 is 0 Å². The van der Waals surface area contributed by atoms with Crippen LogP contribution in [0.15, 0.2) is 24.3 Å². The molecule has 0 radical (unpaired) electrons. The van der Waals surface area contributed by atoms with Gasteiger partial charge in [-0.15, -0.1) is 0 Å². The monoisotopic (exact) mass is 276 g/mol. The van der Waals surface area contributed by atoms with Crippen molar-refractivity contribution in [1.82, 2.24) is 9.78 Å². The van der Waals surface area contributed by atoms with Crippen LogP contribution in [0.4, 0.5) is 0 Å². The zero-order valence-corrected chi connectivity index (χ0v) is 11.6. The molecular weight excluding hydrogens is 260 g/mol. The summed E-state index contributed by atoms with van der Waals surface area (Å²) >= 11 is 0. The Balaban J connectivity index is 2.57. The lowest BCUT2D eigenvalue weighted by Gasteiger charge is -2.07. The molecule has 0 atom stereocenters. The predicted octanol–water partition coefficient (Wildman–Crippen LogP) is 2.15. The minimum atomic E-state index is -1.04. The summed E-state index contributed by atoms with van der Waals surface area (Å²) < 4.78 is 11.8. The zero-order valence-electron chi connectivity index (χ0n) is 11.6. The molecule has 106 valence electrons. The molecule has 1 aromatic heterocycles. The van der Waals surface area contributed by atoms with Gasteiger partial charge in [0.05, 0.1) is 25.6 Å². The number of carboxylic acids is 1. The zero-order chi connectivity index (χ0) is 14.7. The Hall–Kier alpha value is -2.50. The van der Waals surface area contributed by atoms with Gasteiger partial charge < -0.3 is 14.6 Å². The van der Waals surface area contributed by atoms with Gasteiger partial charge in [0, 0.05) is 0 Å². The molecule has 1 aromatic carbocycles. The summed E-state index contributed by atoms with van der Waals surface area (Å²) in [4.78, 5) is 11.4. The van der Waals surface area contributed by atoms with Crippen LogP contribution in [0.5, 0.6) is 11.6 Å². The maximum Gasteiger partial charge on any atom is 0.343 e. The molecule has 0 aliphatic carbocycles. The number of aryl methyl sites for hydroxylation is 1. The van der Waals surface area contributed by atoms with Gasteiger partial charge in [-0.05, 0) is 30.7 Å². The van der Waals surface area contributed by atoms with E-state index < -0.39 is 5.97 Å². The summed E-state index contributed by atoms with van der Waals surface area (Å²) in [5, 5.41) is 13.6. The number of hydrogen-bond acceptors (Lipinski definition) is 4. The van der Waals surface area contributed by atoms with Crippen molar-refractivity contribution >= 4 is 5.97 Å². The minimum Gasteiger partial charge on any atom is -0.497 e. The Bertz CT molecular complexity index is 617. The van der Waals surface area contributed by atoms with Crippen molar-refractivity contribution in [3.05, 3.63) is 35.5 Å². The molecule has 1 heterocycles. The number of rotatable bonds is 5. The van der Waals surface area contributed by atoms with Crippen LogP contribution in [0.25, 0.3) is 5.69 Å². The summed E-state index contributed by atoms with van der Waals surface area (Å²) in [6.45, 7) is 1.85. The predicted molar refractivity (Wildman–Crippen MR) is 73.0 cm³/mol. The van der Waals surface area contributed by atoms with E-state index in [0.29, 0.717) is 23.6 Å². The molecule has 2 rings (SSSR count). The average Bonchev–Trinajstić information content (AvgIpc) is 2.86. The molecule has 2 aromatic rings. The second-order valence-electron chi connectivity index (χ2n) is 4.10. The van der Waals surface area contributed by atoms with E-state index in [0.717, 1.165) is 0 Å². The highest BCUT2D eigenvalue weighted by atomic mass is 16.5. The number of nitrogens with zero attached hydrogens (tertiary/aromatic N) is 2. The van der Waals surface area contributed by atoms with Crippen molar-refractivity contribution in [3.63, 3.8) is 0 Å². The lowest BCUT2D eigenvalue weighted by molar-refractivity contribution is 0.0692. The molecule has 0 saturated heterocycles. The molecule has 0 saturated carbocycles. The van der Waals surface area contributed by atoms with E-state index >= 15 is 0 Å². The molecular formula is C14H16N2O4. The first kappa shape index (κ1) is 13.9. The Morgan fingerprint density at radius 2 is 1.90 bits per heavy atom. The fourth-order valence-corrected chi connectivity index (χ4v) is 1.99. The summed E-state index contributed by atoms with van der Waals surface area (Å²) in [6.07, 6.45) is 0.515. The number of methoxy groups -OCH3 is 2. The number of carboxylic acid groups (broad SMARTS) is 1. The van der Waals surface area contributed by atoms with Crippen LogP contribution in [0, 0.1) is 0 Å². The quantitative estimate of drug-likeness (QED) is 0.905. The minimum absolute atomic E-state index is 0.103. The summed E-state index contributed by atoms with van der Waals surface area (Å²) in [6, 6.07) is 7.14. The Kier molecular flexibility index (Phi) is 3.93. The Morgan fingerprint density at radius 1 is 1.25 bits per heavy atom. The molecule has 0 unspecified atom stereocenters. The normalized spacial score (nSPS) is 10.3.